The second-order valence-electron chi connectivity index (χ2n) is 4.23. The number of nitrogens with one attached hydrogen (secondary N) is 1. The predicted octanol–water partition coefficient (Wildman–Crippen LogP) is 2.27. The molecular formula is C12H10F2N4O3. The highest BCUT2D eigenvalue weighted by Gasteiger charge is 2.20. The number of hydrogen-bond acceptors (Lipinski definition) is 4. The lowest BCUT2D eigenvalue weighted by atomic mass is 10.2. The van der Waals surface area contributed by atoms with Gasteiger partial charge in [-0.1, -0.05) is 0 Å². The van der Waals surface area contributed by atoms with Gasteiger partial charge >= 0.3 is 5.69 Å². The Labute approximate surface area is 117 Å². The number of carbonyl (C=O) groups excluding carboxylic acids is 1. The maximum atomic E-state index is 13.4. The first kappa shape index (κ1) is 14.6. The second-order valence-corrected chi connectivity index (χ2v) is 4.23. The molecule has 21 heavy (non-hydrogen) atoms. The van der Waals surface area contributed by atoms with Gasteiger partial charge in [-0.3, -0.25) is 19.6 Å². The standard InChI is InChI=1S/C12H10F2N4O3/c1-7(17-6-9(5-15-17)18(20)21)12(19)16-11-3-2-8(13)4-10(11)14/h2-7H,1H3,(H,16,19)/t7-/m1/s1. The largest absolute Gasteiger partial charge is 0.322 e. The van der Waals surface area contributed by atoms with Crippen LogP contribution in [0.4, 0.5) is 20.2 Å². The molecule has 1 aromatic heterocycles. The van der Waals surface area contributed by atoms with Crippen LogP contribution >= 0.6 is 0 Å². The third-order valence-electron chi connectivity index (χ3n) is 2.76. The van der Waals surface area contributed by atoms with E-state index in [0.29, 0.717) is 6.07 Å². The first-order valence-electron chi connectivity index (χ1n) is 5.83. The smallest absolute Gasteiger partial charge is 0.307 e. The Morgan fingerprint density at radius 3 is 2.76 bits per heavy atom. The lowest BCUT2D eigenvalue weighted by Crippen LogP contribution is -2.24. The maximum Gasteiger partial charge on any atom is 0.307 e. The molecule has 0 radical (unpaired) electrons. The van der Waals surface area contributed by atoms with Gasteiger partial charge in [0, 0.05) is 6.07 Å². The minimum absolute atomic E-state index is 0.185. The van der Waals surface area contributed by atoms with Crippen LogP contribution in [0, 0.1) is 21.7 Å². The Morgan fingerprint density at radius 1 is 1.48 bits per heavy atom. The normalized spacial score (nSPS) is 12.0. The monoisotopic (exact) mass is 296 g/mol. The van der Waals surface area contributed by atoms with Gasteiger partial charge < -0.3 is 5.32 Å². The van der Waals surface area contributed by atoms with E-state index in [1.807, 2.05) is 0 Å². The summed E-state index contributed by atoms with van der Waals surface area (Å²) >= 11 is 0. The van der Waals surface area contributed by atoms with Crippen molar-refractivity contribution >= 4 is 17.3 Å². The zero-order valence-electron chi connectivity index (χ0n) is 10.8. The maximum absolute atomic E-state index is 13.4. The Hall–Kier alpha value is -2.84. The Bertz CT molecular complexity index is 702. The summed E-state index contributed by atoms with van der Waals surface area (Å²) in [6.45, 7) is 1.44. The van der Waals surface area contributed by atoms with Crippen LogP contribution < -0.4 is 5.32 Å². The quantitative estimate of drug-likeness (QED) is 0.692. The average molecular weight is 296 g/mol. The SMILES string of the molecule is C[C@H](C(=O)Nc1ccc(F)cc1F)n1cc([N+](=O)[O-])cn1. The second kappa shape index (κ2) is 5.65. The van der Waals surface area contributed by atoms with E-state index in [2.05, 4.69) is 10.4 Å². The fourth-order valence-corrected chi connectivity index (χ4v) is 1.58. The van der Waals surface area contributed by atoms with E-state index in [1.165, 1.54) is 6.92 Å². The molecular weight excluding hydrogens is 286 g/mol. The van der Waals surface area contributed by atoms with E-state index in [0.717, 1.165) is 29.2 Å². The molecule has 0 bridgehead atoms. The summed E-state index contributed by atoms with van der Waals surface area (Å²) in [5.41, 5.74) is -0.447. The Morgan fingerprint density at radius 2 is 2.19 bits per heavy atom. The van der Waals surface area contributed by atoms with Gasteiger partial charge in [-0.25, -0.2) is 8.78 Å². The number of anilines is 1. The highest BCUT2D eigenvalue weighted by Crippen LogP contribution is 2.18. The van der Waals surface area contributed by atoms with Crippen LogP contribution in [0.5, 0.6) is 0 Å². The highest BCUT2D eigenvalue weighted by molar-refractivity contribution is 5.93. The molecule has 0 unspecified atom stereocenters. The van der Waals surface area contributed by atoms with Gasteiger partial charge in [0.25, 0.3) is 0 Å². The van der Waals surface area contributed by atoms with Gasteiger partial charge in [-0.2, -0.15) is 5.10 Å². The van der Waals surface area contributed by atoms with E-state index in [9.17, 15) is 23.7 Å². The van der Waals surface area contributed by atoms with Crippen molar-refractivity contribution in [3.05, 3.63) is 52.3 Å². The van der Waals surface area contributed by atoms with Crippen LogP contribution in [0.3, 0.4) is 0 Å². The fraction of sp³-hybridized carbons (Fsp3) is 0.167. The fourth-order valence-electron chi connectivity index (χ4n) is 1.58. The zero-order valence-corrected chi connectivity index (χ0v) is 10.8. The van der Waals surface area contributed by atoms with Crippen LogP contribution in [0.15, 0.2) is 30.6 Å². The summed E-state index contributed by atoms with van der Waals surface area (Å²) in [4.78, 5) is 21.8. The number of carbonyl (C=O) groups is 1. The third kappa shape index (κ3) is 3.19. The van der Waals surface area contributed by atoms with Gasteiger partial charge in [0.05, 0.1) is 10.6 Å². The topological polar surface area (TPSA) is 90.1 Å². The minimum atomic E-state index is -0.915. The van der Waals surface area contributed by atoms with E-state index in [-0.39, 0.29) is 11.4 Å². The van der Waals surface area contributed by atoms with E-state index < -0.39 is 28.5 Å². The Kier molecular flexibility index (Phi) is 3.92. The highest BCUT2D eigenvalue weighted by atomic mass is 19.1. The van der Waals surface area contributed by atoms with Crippen LogP contribution in [0.25, 0.3) is 0 Å². The number of halogens is 2. The molecule has 0 aliphatic heterocycles. The lowest BCUT2D eigenvalue weighted by Gasteiger charge is -2.12. The molecule has 0 fully saturated rings. The molecule has 1 atom stereocenters. The van der Waals surface area contributed by atoms with Crippen molar-refractivity contribution < 1.29 is 18.5 Å². The van der Waals surface area contributed by atoms with Crippen molar-refractivity contribution in [3.8, 4) is 0 Å². The molecule has 1 N–H and O–H groups in total. The summed E-state index contributed by atoms with van der Waals surface area (Å²) in [6.07, 6.45) is 2.09. The average Bonchev–Trinajstić information content (AvgIpc) is 2.90. The van der Waals surface area contributed by atoms with Crippen molar-refractivity contribution in [3.63, 3.8) is 0 Å². The molecule has 0 saturated heterocycles. The van der Waals surface area contributed by atoms with Gasteiger partial charge in [0.15, 0.2) is 0 Å². The molecule has 9 heteroatoms. The van der Waals surface area contributed by atoms with E-state index >= 15 is 0 Å². The van der Waals surface area contributed by atoms with Gasteiger partial charge in [-0.15, -0.1) is 0 Å². The Balaban J connectivity index is 2.13. The van der Waals surface area contributed by atoms with Crippen LogP contribution in [0.1, 0.15) is 13.0 Å². The van der Waals surface area contributed by atoms with Crippen molar-refractivity contribution in [1.82, 2.24) is 9.78 Å². The molecule has 0 spiro atoms. The molecule has 2 aromatic rings. The first-order valence-corrected chi connectivity index (χ1v) is 5.83. The van der Waals surface area contributed by atoms with Crippen LogP contribution in [0.2, 0.25) is 0 Å². The molecule has 0 saturated carbocycles. The number of amides is 1. The molecule has 7 nitrogen and oxygen atoms in total. The first-order chi connectivity index (χ1) is 9.88. The zero-order chi connectivity index (χ0) is 15.6. The van der Waals surface area contributed by atoms with Gasteiger partial charge in [0.1, 0.15) is 30.1 Å². The number of nitro groups is 1. The molecule has 0 aliphatic rings. The summed E-state index contributed by atoms with van der Waals surface area (Å²) < 4.78 is 27.3. The number of nitrogens with zero attached hydrogens (tertiary/aromatic N) is 3. The molecule has 1 amide bonds. The van der Waals surface area contributed by atoms with Crippen molar-refractivity contribution in [2.75, 3.05) is 5.32 Å². The predicted molar refractivity (Wildman–Crippen MR) is 68.6 cm³/mol. The van der Waals surface area contributed by atoms with E-state index in [4.69, 9.17) is 0 Å². The number of rotatable bonds is 4. The summed E-state index contributed by atoms with van der Waals surface area (Å²) in [6, 6.07) is 1.82. The summed E-state index contributed by atoms with van der Waals surface area (Å²) in [7, 11) is 0. The van der Waals surface area contributed by atoms with Gasteiger partial charge in [-0.05, 0) is 19.1 Å². The molecule has 2 rings (SSSR count). The summed E-state index contributed by atoms with van der Waals surface area (Å²) in [5, 5.41) is 16.5. The van der Waals surface area contributed by atoms with Crippen LogP contribution in [-0.4, -0.2) is 20.6 Å². The lowest BCUT2D eigenvalue weighted by molar-refractivity contribution is -0.385. The minimum Gasteiger partial charge on any atom is -0.322 e. The van der Waals surface area contributed by atoms with E-state index in [1.54, 1.807) is 0 Å². The number of aromatic nitrogens is 2. The summed E-state index contributed by atoms with van der Waals surface area (Å²) in [5.74, 6) is -2.32. The van der Waals surface area contributed by atoms with Crippen molar-refractivity contribution in [1.29, 1.82) is 0 Å². The van der Waals surface area contributed by atoms with Gasteiger partial charge in [0.2, 0.25) is 5.91 Å². The van der Waals surface area contributed by atoms with Crippen LogP contribution in [-0.2, 0) is 4.79 Å². The number of hydrogen-bond donors (Lipinski definition) is 1. The molecule has 1 aromatic carbocycles. The van der Waals surface area contributed by atoms with Crippen molar-refractivity contribution in [2.45, 2.75) is 13.0 Å². The number of benzene rings is 1. The third-order valence-corrected chi connectivity index (χ3v) is 2.76. The molecule has 0 aliphatic carbocycles. The van der Waals surface area contributed by atoms with Crippen molar-refractivity contribution in [2.24, 2.45) is 0 Å². The molecule has 110 valence electrons. The molecule has 1 heterocycles.